The van der Waals surface area contributed by atoms with E-state index < -0.39 is 10.8 Å². The molecule has 0 spiro atoms. The van der Waals surface area contributed by atoms with E-state index in [4.69, 9.17) is 0 Å². The maximum atomic E-state index is 11.1. The number of hydrogen-bond acceptors (Lipinski definition) is 1. The summed E-state index contributed by atoms with van der Waals surface area (Å²) in [4.78, 5) is 0. The highest BCUT2D eigenvalue weighted by Crippen LogP contribution is 2.37. The van der Waals surface area contributed by atoms with Crippen molar-refractivity contribution in [2.75, 3.05) is 11.5 Å². The van der Waals surface area contributed by atoms with E-state index in [2.05, 4.69) is 13.8 Å². The lowest BCUT2D eigenvalue weighted by atomic mass is 9.77. The van der Waals surface area contributed by atoms with Crippen molar-refractivity contribution in [2.45, 2.75) is 39.5 Å². The first-order chi connectivity index (χ1) is 5.22. The summed E-state index contributed by atoms with van der Waals surface area (Å²) in [5.74, 6) is 1.89. The van der Waals surface area contributed by atoms with Gasteiger partial charge in [0.15, 0.2) is 0 Å². The van der Waals surface area contributed by atoms with E-state index in [1.54, 1.807) is 0 Å². The SMILES string of the molecule is CCC1(CC)CCS(=O)CC1. The Morgan fingerprint density at radius 3 is 2.00 bits per heavy atom. The van der Waals surface area contributed by atoms with Gasteiger partial charge in [-0.1, -0.05) is 26.7 Å². The molecule has 0 aromatic carbocycles. The lowest BCUT2D eigenvalue weighted by Gasteiger charge is -2.35. The molecular formula is C9H18OS. The fourth-order valence-electron chi connectivity index (χ4n) is 1.84. The fourth-order valence-corrected chi connectivity index (χ4v) is 3.37. The van der Waals surface area contributed by atoms with Crippen LogP contribution in [-0.4, -0.2) is 15.7 Å². The Kier molecular flexibility index (Phi) is 3.11. The third kappa shape index (κ3) is 2.05. The van der Waals surface area contributed by atoms with Crippen LogP contribution in [0.15, 0.2) is 0 Å². The molecular weight excluding hydrogens is 156 g/mol. The van der Waals surface area contributed by atoms with Crippen LogP contribution < -0.4 is 0 Å². The van der Waals surface area contributed by atoms with Gasteiger partial charge in [0.2, 0.25) is 0 Å². The normalized spacial score (nSPS) is 25.3. The van der Waals surface area contributed by atoms with Crippen molar-refractivity contribution in [2.24, 2.45) is 5.41 Å². The Morgan fingerprint density at radius 1 is 1.18 bits per heavy atom. The second-order valence-corrected chi connectivity index (χ2v) is 5.25. The van der Waals surface area contributed by atoms with Crippen molar-refractivity contribution in [1.82, 2.24) is 0 Å². The smallest absolute Gasteiger partial charge is 0.0240 e. The highest BCUT2D eigenvalue weighted by atomic mass is 32.2. The van der Waals surface area contributed by atoms with E-state index in [9.17, 15) is 4.21 Å². The Morgan fingerprint density at radius 2 is 1.64 bits per heavy atom. The minimum absolute atomic E-state index is 0.490. The molecule has 0 radical (unpaired) electrons. The molecule has 0 atom stereocenters. The summed E-state index contributed by atoms with van der Waals surface area (Å²) in [6, 6.07) is 0. The van der Waals surface area contributed by atoms with Gasteiger partial charge in [0.25, 0.3) is 0 Å². The topological polar surface area (TPSA) is 17.1 Å². The highest BCUT2D eigenvalue weighted by Gasteiger charge is 2.30. The lowest BCUT2D eigenvalue weighted by Crippen LogP contribution is -2.29. The van der Waals surface area contributed by atoms with Crippen LogP contribution >= 0.6 is 0 Å². The van der Waals surface area contributed by atoms with Crippen molar-refractivity contribution in [1.29, 1.82) is 0 Å². The van der Waals surface area contributed by atoms with Crippen molar-refractivity contribution < 1.29 is 4.21 Å². The first-order valence-electron chi connectivity index (χ1n) is 4.57. The predicted octanol–water partition coefficient (Wildman–Crippen LogP) is 2.34. The van der Waals surface area contributed by atoms with Crippen LogP contribution in [0.4, 0.5) is 0 Å². The molecule has 0 N–H and O–H groups in total. The molecule has 1 fully saturated rings. The molecule has 0 amide bonds. The molecule has 11 heavy (non-hydrogen) atoms. The minimum Gasteiger partial charge on any atom is -0.260 e. The van der Waals surface area contributed by atoms with Crippen LogP contribution in [0.25, 0.3) is 0 Å². The molecule has 66 valence electrons. The average Bonchev–Trinajstić information content (AvgIpc) is 2.07. The largest absolute Gasteiger partial charge is 0.260 e. The zero-order valence-corrected chi connectivity index (χ0v) is 8.38. The maximum absolute atomic E-state index is 11.1. The van der Waals surface area contributed by atoms with Crippen LogP contribution in [0.1, 0.15) is 39.5 Å². The predicted molar refractivity (Wildman–Crippen MR) is 50.1 cm³/mol. The van der Waals surface area contributed by atoms with E-state index in [0.29, 0.717) is 5.41 Å². The van der Waals surface area contributed by atoms with Gasteiger partial charge in [0.05, 0.1) is 0 Å². The van der Waals surface area contributed by atoms with Gasteiger partial charge in [-0.05, 0) is 18.3 Å². The Hall–Kier alpha value is 0.150. The Balaban J connectivity index is 2.52. The number of rotatable bonds is 2. The van der Waals surface area contributed by atoms with Crippen LogP contribution in [0.3, 0.4) is 0 Å². The van der Waals surface area contributed by atoms with Crippen LogP contribution in [0, 0.1) is 5.41 Å². The summed E-state index contributed by atoms with van der Waals surface area (Å²) in [6.07, 6.45) is 4.90. The minimum atomic E-state index is -0.490. The van der Waals surface area contributed by atoms with E-state index in [1.807, 2.05) is 0 Å². The summed E-state index contributed by atoms with van der Waals surface area (Å²) in [5.41, 5.74) is 0.550. The maximum Gasteiger partial charge on any atom is 0.0240 e. The van der Waals surface area contributed by atoms with E-state index in [0.717, 1.165) is 11.5 Å². The van der Waals surface area contributed by atoms with Gasteiger partial charge in [0.1, 0.15) is 0 Å². The third-order valence-corrected chi connectivity index (χ3v) is 4.54. The lowest BCUT2D eigenvalue weighted by molar-refractivity contribution is 0.236. The first-order valence-corrected chi connectivity index (χ1v) is 6.06. The van der Waals surface area contributed by atoms with Crippen LogP contribution in [0.2, 0.25) is 0 Å². The van der Waals surface area contributed by atoms with Crippen LogP contribution in [0.5, 0.6) is 0 Å². The van der Waals surface area contributed by atoms with Crippen LogP contribution in [-0.2, 0) is 10.8 Å². The molecule has 1 rings (SSSR count). The van der Waals surface area contributed by atoms with Crippen molar-refractivity contribution in [3.63, 3.8) is 0 Å². The third-order valence-electron chi connectivity index (χ3n) is 3.22. The van der Waals surface area contributed by atoms with Gasteiger partial charge < -0.3 is 0 Å². The second kappa shape index (κ2) is 3.70. The molecule has 0 aromatic heterocycles. The molecule has 1 nitrogen and oxygen atoms in total. The molecule has 0 bridgehead atoms. The molecule has 0 aliphatic carbocycles. The number of hydrogen-bond donors (Lipinski definition) is 0. The van der Waals surface area contributed by atoms with Gasteiger partial charge in [-0.3, -0.25) is 4.21 Å². The second-order valence-electron chi connectivity index (χ2n) is 3.56. The zero-order chi connectivity index (χ0) is 8.32. The quantitative estimate of drug-likeness (QED) is 0.628. The molecule has 1 saturated heterocycles. The summed E-state index contributed by atoms with van der Waals surface area (Å²) >= 11 is 0. The van der Waals surface area contributed by atoms with Gasteiger partial charge in [-0.25, -0.2) is 0 Å². The van der Waals surface area contributed by atoms with Gasteiger partial charge >= 0.3 is 0 Å². The molecule has 1 heterocycles. The monoisotopic (exact) mass is 174 g/mol. The summed E-state index contributed by atoms with van der Waals surface area (Å²) < 4.78 is 11.1. The zero-order valence-electron chi connectivity index (χ0n) is 7.56. The highest BCUT2D eigenvalue weighted by molar-refractivity contribution is 7.85. The van der Waals surface area contributed by atoms with E-state index >= 15 is 0 Å². The van der Waals surface area contributed by atoms with Crippen molar-refractivity contribution in [3.05, 3.63) is 0 Å². The fraction of sp³-hybridized carbons (Fsp3) is 1.00. The van der Waals surface area contributed by atoms with E-state index in [-0.39, 0.29) is 0 Å². The van der Waals surface area contributed by atoms with Gasteiger partial charge in [-0.2, -0.15) is 0 Å². The van der Waals surface area contributed by atoms with E-state index in [1.165, 1.54) is 25.7 Å². The van der Waals surface area contributed by atoms with Crippen molar-refractivity contribution >= 4 is 10.8 Å². The average molecular weight is 174 g/mol. The molecule has 0 unspecified atom stereocenters. The van der Waals surface area contributed by atoms with Gasteiger partial charge in [0, 0.05) is 22.3 Å². The Bertz CT molecular complexity index is 138. The first kappa shape index (κ1) is 9.24. The molecule has 1 aliphatic heterocycles. The molecule has 0 saturated carbocycles. The Labute approximate surface area is 72.0 Å². The molecule has 0 aromatic rings. The molecule has 1 aliphatic rings. The molecule has 2 heteroatoms. The summed E-state index contributed by atoms with van der Waals surface area (Å²) in [5, 5.41) is 0. The van der Waals surface area contributed by atoms with Gasteiger partial charge in [-0.15, -0.1) is 0 Å². The standard InChI is InChI=1S/C9H18OS/c1-3-9(4-2)5-7-11(10)8-6-9/h3-8H2,1-2H3. The van der Waals surface area contributed by atoms with Crippen molar-refractivity contribution in [3.8, 4) is 0 Å². The summed E-state index contributed by atoms with van der Waals surface area (Å²) in [7, 11) is -0.490. The summed E-state index contributed by atoms with van der Waals surface area (Å²) in [6.45, 7) is 4.52.